The highest BCUT2D eigenvalue weighted by Crippen LogP contribution is 2.18. The van der Waals surface area contributed by atoms with Crippen LogP contribution in [0.15, 0.2) is 35.5 Å². The van der Waals surface area contributed by atoms with Crippen LogP contribution < -0.4 is 10.6 Å². The van der Waals surface area contributed by atoms with Crippen LogP contribution in [0.3, 0.4) is 0 Å². The van der Waals surface area contributed by atoms with Gasteiger partial charge >= 0.3 is 0 Å². The molecule has 1 amide bonds. The first kappa shape index (κ1) is 20.4. The van der Waals surface area contributed by atoms with Gasteiger partial charge in [-0.3, -0.25) is 14.5 Å². The van der Waals surface area contributed by atoms with Crippen LogP contribution >= 0.6 is 0 Å². The number of nitrogens with zero attached hydrogens (tertiary/aromatic N) is 4. The van der Waals surface area contributed by atoms with E-state index in [1.54, 1.807) is 7.05 Å². The van der Waals surface area contributed by atoms with E-state index in [4.69, 9.17) is 0 Å². The zero-order chi connectivity index (χ0) is 20.0. The Kier molecular flexibility index (Phi) is 6.92. The molecule has 1 heterocycles. The Morgan fingerprint density at radius 2 is 2.00 bits per heavy atom. The molecule has 7 nitrogen and oxygen atoms in total. The molecule has 0 aliphatic carbocycles. The molecule has 0 bridgehead atoms. The van der Waals surface area contributed by atoms with Crippen molar-refractivity contribution in [1.29, 1.82) is 0 Å². The van der Waals surface area contributed by atoms with Crippen molar-refractivity contribution in [2.24, 2.45) is 12.0 Å². The molecule has 0 fully saturated rings. The van der Waals surface area contributed by atoms with E-state index in [2.05, 4.69) is 34.6 Å². The first-order valence-corrected chi connectivity index (χ1v) is 8.79. The Balaban J connectivity index is 1.92. The number of amides is 1. The topological polar surface area (TPSA) is 74.6 Å². The number of carbonyl (C=O) groups is 1. The van der Waals surface area contributed by atoms with Gasteiger partial charge in [0.15, 0.2) is 5.96 Å². The van der Waals surface area contributed by atoms with Crippen LogP contribution in [0.25, 0.3) is 0 Å². The molecule has 0 aliphatic heterocycles. The lowest BCUT2D eigenvalue weighted by Crippen LogP contribution is -2.42. The second kappa shape index (κ2) is 9.16. The van der Waals surface area contributed by atoms with Crippen molar-refractivity contribution in [3.8, 4) is 0 Å². The quantitative estimate of drug-likeness (QED) is 0.601. The number of hydrogen-bond acceptors (Lipinski definition) is 3. The zero-order valence-corrected chi connectivity index (χ0v) is 16.5. The number of aromatic nitrogens is 2. The molecule has 0 aliphatic rings. The number of carbonyl (C=O) groups excluding carboxylic acids is 1. The van der Waals surface area contributed by atoms with E-state index in [-0.39, 0.29) is 18.3 Å². The van der Waals surface area contributed by atoms with E-state index >= 15 is 0 Å². The highest BCUT2D eigenvalue weighted by Gasteiger charge is 2.15. The van der Waals surface area contributed by atoms with E-state index in [0.29, 0.717) is 24.1 Å². The Morgan fingerprint density at radius 3 is 2.59 bits per heavy atom. The molecular formula is C19H27FN6O. The van der Waals surface area contributed by atoms with Crippen molar-refractivity contribution in [3.63, 3.8) is 0 Å². The molecule has 2 N–H and O–H groups in total. The van der Waals surface area contributed by atoms with Gasteiger partial charge in [-0.15, -0.1) is 0 Å². The fourth-order valence-electron chi connectivity index (χ4n) is 2.78. The van der Waals surface area contributed by atoms with Crippen molar-refractivity contribution < 1.29 is 9.18 Å². The van der Waals surface area contributed by atoms with E-state index < -0.39 is 0 Å². The number of benzene rings is 1. The largest absolute Gasteiger partial charge is 0.347 e. The summed E-state index contributed by atoms with van der Waals surface area (Å²) in [5, 5.41) is 10.3. The smallest absolute Gasteiger partial charge is 0.243 e. The molecule has 1 aromatic heterocycles. The van der Waals surface area contributed by atoms with E-state index in [9.17, 15) is 9.18 Å². The molecule has 0 saturated heterocycles. The van der Waals surface area contributed by atoms with Gasteiger partial charge in [0.05, 0.1) is 12.2 Å². The molecule has 2 rings (SSSR count). The fourth-order valence-corrected chi connectivity index (χ4v) is 2.78. The van der Waals surface area contributed by atoms with E-state index in [1.165, 1.54) is 24.3 Å². The number of nitrogens with one attached hydrogen (secondary N) is 2. The number of aliphatic imine (C=N–C) groups is 1. The van der Waals surface area contributed by atoms with Gasteiger partial charge in [-0.05, 0) is 30.2 Å². The SMILES string of the molecule is CN=C(NCC(=O)Nc1ccc(F)cc1)N(C)Cc1cn(C)nc1C(C)C. The van der Waals surface area contributed by atoms with Gasteiger partial charge in [-0.25, -0.2) is 4.39 Å². The van der Waals surface area contributed by atoms with Crippen LogP contribution in [0.4, 0.5) is 10.1 Å². The second-order valence-electron chi connectivity index (χ2n) is 6.68. The molecule has 2 aromatic rings. The Labute approximate surface area is 159 Å². The molecule has 0 spiro atoms. The minimum absolute atomic E-state index is 0.0540. The summed E-state index contributed by atoms with van der Waals surface area (Å²) in [4.78, 5) is 18.3. The van der Waals surface area contributed by atoms with Crippen molar-refractivity contribution in [1.82, 2.24) is 20.0 Å². The van der Waals surface area contributed by atoms with Gasteiger partial charge in [-0.1, -0.05) is 13.8 Å². The Bertz CT molecular complexity index is 797. The summed E-state index contributed by atoms with van der Waals surface area (Å²) in [6.07, 6.45) is 2.00. The van der Waals surface area contributed by atoms with E-state index in [1.807, 2.05) is 29.9 Å². The minimum atomic E-state index is -0.343. The molecule has 1 aromatic carbocycles. The maximum atomic E-state index is 12.9. The molecule has 27 heavy (non-hydrogen) atoms. The predicted molar refractivity (Wildman–Crippen MR) is 105 cm³/mol. The highest BCUT2D eigenvalue weighted by atomic mass is 19.1. The van der Waals surface area contributed by atoms with Crippen molar-refractivity contribution in [2.75, 3.05) is 26.0 Å². The van der Waals surface area contributed by atoms with Gasteiger partial charge in [-0.2, -0.15) is 5.10 Å². The normalized spacial score (nSPS) is 11.6. The maximum Gasteiger partial charge on any atom is 0.243 e. The summed E-state index contributed by atoms with van der Waals surface area (Å²) in [5.41, 5.74) is 2.71. The molecule has 146 valence electrons. The molecule has 0 radical (unpaired) electrons. The number of halogens is 1. The van der Waals surface area contributed by atoms with Gasteiger partial charge in [0.25, 0.3) is 0 Å². The number of guanidine groups is 1. The molecule has 8 heteroatoms. The lowest BCUT2D eigenvalue weighted by Gasteiger charge is -2.22. The lowest BCUT2D eigenvalue weighted by atomic mass is 10.1. The third-order valence-corrected chi connectivity index (χ3v) is 4.00. The van der Waals surface area contributed by atoms with Gasteiger partial charge in [0, 0.05) is 45.1 Å². The molecule has 0 atom stereocenters. The standard InChI is InChI=1S/C19H27FN6O/c1-13(2)18-14(12-26(5)24-18)11-25(4)19(21-3)22-10-17(27)23-16-8-6-15(20)7-9-16/h6-9,12-13H,10-11H2,1-5H3,(H,21,22)(H,23,27). The van der Waals surface area contributed by atoms with Crippen LogP contribution in [-0.2, 0) is 18.4 Å². The van der Waals surface area contributed by atoms with Crippen molar-refractivity contribution >= 4 is 17.6 Å². The van der Waals surface area contributed by atoms with Gasteiger partial charge < -0.3 is 15.5 Å². The number of anilines is 1. The summed E-state index contributed by atoms with van der Waals surface area (Å²) in [6.45, 7) is 4.90. The van der Waals surface area contributed by atoms with E-state index in [0.717, 1.165) is 11.3 Å². The highest BCUT2D eigenvalue weighted by molar-refractivity contribution is 5.94. The lowest BCUT2D eigenvalue weighted by molar-refractivity contribution is -0.115. The average Bonchev–Trinajstić information content (AvgIpc) is 2.98. The molecule has 0 saturated carbocycles. The van der Waals surface area contributed by atoms with Crippen LogP contribution in [0.2, 0.25) is 0 Å². The number of rotatable bonds is 6. The van der Waals surface area contributed by atoms with Crippen LogP contribution in [0.1, 0.15) is 31.0 Å². The van der Waals surface area contributed by atoms with Crippen LogP contribution in [-0.4, -0.2) is 47.2 Å². The number of aryl methyl sites for hydroxylation is 1. The summed E-state index contributed by atoms with van der Waals surface area (Å²) in [5.74, 6) is 0.346. The zero-order valence-electron chi connectivity index (χ0n) is 16.5. The summed E-state index contributed by atoms with van der Waals surface area (Å²) >= 11 is 0. The van der Waals surface area contributed by atoms with Gasteiger partial charge in [0.2, 0.25) is 5.91 Å². The summed E-state index contributed by atoms with van der Waals surface area (Å²) < 4.78 is 14.7. The third kappa shape index (κ3) is 5.80. The van der Waals surface area contributed by atoms with Crippen molar-refractivity contribution in [2.45, 2.75) is 26.3 Å². The monoisotopic (exact) mass is 374 g/mol. The Morgan fingerprint density at radius 1 is 1.33 bits per heavy atom. The second-order valence-corrected chi connectivity index (χ2v) is 6.68. The molecule has 0 unspecified atom stereocenters. The summed E-state index contributed by atoms with van der Waals surface area (Å²) in [6, 6.07) is 5.64. The van der Waals surface area contributed by atoms with Gasteiger partial charge in [0.1, 0.15) is 5.82 Å². The predicted octanol–water partition coefficient (Wildman–Crippen LogP) is 2.33. The fraction of sp³-hybridized carbons (Fsp3) is 0.421. The maximum absolute atomic E-state index is 12.9. The number of hydrogen-bond donors (Lipinski definition) is 2. The summed E-state index contributed by atoms with van der Waals surface area (Å²) in [7, 11) is 5.48. The van der Waals surface area contributed by atoms with Crippen LogP contribution in [0.5, 0.6) is 0 Å². The first-order chi connectivity index (χ1) is 12.8. The minimum Gasteiger partial charge on any atom is -0.347 e. The van der Waals surface area contributed by atoms with Crippen molar-refractivity contribution in [3.05, 3.63) is 47.5 Å². The third-order valence-electron chi connectivity index (χ3n) is 4.00. The first-order valence-electron chi connectivity index (χ1n) is 8.79. The average molecular weight is 374 g/mol. The Hall–Kier alpha value is -2.90. The van der Waals surface area contributed by atoms with Crippen LogP contribution in [0, 0.1) is 5.82 Å². The molecular weight excluding hydrogens is 347 g/mol.